The van der Waals surface area contributed by atoms with Crippen LogP contribution in [0.2, 0.25) is 0 Å². The van der Waals surface area contributed by atoms with Crippen LogP contribution in [0.3, 0.4) is 0 Å². The minimum absolute atomic E-state index is 0. The summed E-state index contributed by atoms with van der Waals surface area (Å²) in [7, 11) is 0. The number of nitrogens with one attached hydrogen (secondary N) is 2. The van der Waals surface area contributed by atoms with Crippen molar-refractivity contribution in [1.82, 2.24) is 10.6 Å². The summed E-state index contributed by atoms with van der Waals surface area (Å²) in [6, 6.07) is 11.9. The number of halogens is 1. The monoisotopic (exact) mass is 471 g/mol. The van der Waals surface area contributed by atoms with E-state index in [4.69, 9.17) is 4.42 Å². The lowest BCUT2D eigenvalue weighted by molar-refractivity contribution is 0.0386. The van der Waals surface area contributed by atoms with Crippen molar-refractivity contribution in [3.63, 3.8) is 0 Å². The van der Waals surface area contributed by atoms with E-state index >= 15 is 0 Å². The van der Waals surface area contributed by atoms with Gasteiger partial charge >= 0.3 is 0 Å². The molecule has 0 amide bonds. The fourth-order valence-electron chi connectivity index (χ4n) is 2.35. The number of unbranched alkanes of at least 4 members (excludes halogenated alkanes) is 1. The van der Waals surface area contributed by atoms with Gasteiger partial charge in [-0.05, 0) is 38.0 Å². The van der Waals surface area contributed by atoms with Gasteiger partial charge in [-0.15, -0.1) is 24.0 Å². The number of aryl methyl sites for hydroxylation is 1. The molecule has 1 aromatic heterocycles. The van der Waals surface area contributed by atoms with Gasteiger partial charge in [0.05, 0.1) is 19.4 Å². The quantitative estimate of drug-likeness (QED) is 0.236. The van der Waals surface area contributed by atoms with Crippen molar-refractivity contribution in [2.24, 2.45) is 4.99 Å². The van der Waals surface area contributed by atoms with Gasteiger partial charge in [-0.3, -0.25) is 0 Å². The fraction of sp³-hybridized carbons (Fsp3) is 0.450. The second kappa shape index (κ2) is 11.2. The summed E-state index contributed by atoms with van der Waals surface area (Å²) in [6.45, 7) is 7.70. The first-order chi connectivity index (χ1) is 12.0. The van der Waals surface area contributed by atoms with Gasteiger partial charge in [0, 0.05) is 6.54 Å². The van der Waals surface area contributed by atoms with Crippen molar-refractivity contribution in [1.29, 1.82) is 0 Å². The number of aliphatic hydroxyl groups is 1. The highest BCUT2D eigenvalue weighted by Crippen LogP contribution is 2.19. The Labute approximate surface area is 173 Å². The van der Waals surface area contributed by atoms with E-state index in [0.29, 0.717) is 24.8 Å². The zero-order valence-corrected chi connectivity index (χ0v) is 18.1. The van der Waals surface area contributed by atoms with E-state index in [2.05, 4.69) is 53.7 Å². The maximum absolute atomic E-state index is 10.6. The van der Waals surface area contributed by atoms with Crippen LogP contribution in [0.1, 0.15) is 43.6 Å². The lowest BCUT2D eigenvalue weighted by Gasteiger charge is -2.23. The fourth-order valence-corrected chi connectivity index (χ4v) is 2.35. The average molecular weight is 471 g/mol. The highest BCUT2D eigenvalue weighted by atomic mass is 127. The summed E-state index contributed by atoms with van der Waals surface area (Å²) >= 11 is 0. The second-order valence-electron chi connectivity index (χ2n) is 6.54. The molecule has 1 unspecified atom stereocenters. The van der Waals surface area contributed by atoms with Crippen LogP contribution in [0.4, 0.5) is 0 Å². The zero-order chi connectivity index (χ0) is 18.1. The molecule has 3 N–H and O–H groups in total. The predicted octanol–water partition coefficient (Wildman–Crippen LogP) is 3.95. The van der Waals surface area contributed by atoms with Crippen molar-refractivity contribution in [2.75, 3.05) is 13.1 Å². The van der Waals surface area contributed by atoms with E-state index in [9.17, 15) is 5.11 Å². The van der Waals surface area contributed by atoms with E-state index in [1.165, 1.54) is 5.56 Å². The zero-order valence-electron chi connectivity index (χ0n) is 15.8. The van der Waals surface area contributed by atoms with Crippen molar-refractivity contribution >= 4 is 29.9 Å². The lowest BCUT2D eigenvalue weighted by Crippen LogP contribution is -2.44. The molecule has 26 heavy (non-hydrogen) atoms. The molecular formula is C20H30IN3O2. The predicted molar refractivity (Wildman–Crippen MR) is 117 cm³/mol. The maximum atomic E-state index is 10.6. The van der Waals surface area contributed by atoms with Gasteiger partial charge < -0.3 is 20.2 Å². The van der Waals surface area contributed by atoms with Crippen LogP contribution in [0.15, 0.2) is 52.1 Å². The molecule has 0 saturated carbocycles. The topological polar surface area (TPSA) is 69.8 Å². The van der Waals surface area contributed by atoms with E-state index in [0.717, 1.165) is 24.9 Å². The molecule has 2 aromatic rings. The molecule has 0 aliphatic heterocycles. The number of hydrogen-bond donors (Lipinski definition) is 3. The summed E-state index contributed by atoms with van der Waals surface area (Å²) in [4.78, 5) is 4.63. The summed E-state index contributed by atoms with van der Waals surface area (Å²) in [5, 5.41) is 17.1. The molecule has 0 aliphatic carbocycles. The highest BCUT2D eigenvalue weighted by molar-refractivity contribution is 14.0. The van der Waals surface area contributed by atoms with Crippen LogP contribution in [0.25, 0.3) is 0 Å². The number of rotatable bonds is 8. The van der Waals surface area contributed by atoms with Gasteiger partial charge in [-0.25, -0.2) is 4.99 Å². The molecule has 0 radical (unpaired) electrons. The Hall–Kier alpha value is -1.54. The normalized spacial score (nSPS) is 13.6. The molecule has 1 aromatic carbocycles. The summed E-state index contributed by atoms with van der Waals surface area (Å²) < 4.78 is 5.32. The summed E-state index contributed by atoms with van der Waals surface area (Å²) in [5.74, 6) is 1.23. The number of nitrogens with zero attached hydrogens (tertiary/aromatic N) is 1. The molecule has 5 nitrogen and oxygen atoms in total. The minimum Gasteiger partial charge on any atom is -0.466 e. The van der Waals surface area contributed by atoms with Crippen molar-refractivity contribution in [2.45, 2.75) is 45.8 Å². The molecule has 6 heteroatoms. The van der Waals surface area contributed by atoms with Gasteiger partial charge in [-0.1, -0.05) is 43.2 Å². The average Bonchev–Trinajstić information content (AvgIpc) is 3.14. The van der Waals surface area contributed by atoms with Crippen molar-refractivity contribution in [3.05, 3.63) is 59.5 Å². The van der Waals surface area contributed by atoms with Gasteiger partial charge in [0.25, 0.3) is 0 Å². The molecule has 0 spiro atoms. The van der Waals surface area contributed by atoms with Crippen LogP contribution in [0.5, 0.6) is 0 Å². The van der Waals surface area contributed by atoms with Crippen LogP contribution in [0, 0.1) is 6.92 Å². The number of furan rings is 1. The molecule has 0 bridgehead atoms. The van der Waals surface area contributed by atoms with Crippen LogP contribution in [-0.4, -0.2) is 24.2 Å². The van der Waals surface area contributed by atoms with Crippen LogP contribution >= 0.6 is 24.0 Å². The highest BCUT2D eigenvalue weighted by Gasteiger charge is 2.26. The maximum Gasteiger partial charge on any atom is 0.191 e. The number of aliphatic imine (C=N–C) groups is 1. The Morgan fingerprint density at radius 1 is 1.19 bits per heavy atom. The van der Waals surface area contributed by atoms with Crippen molar-refractivity contribution < 1.29 is 9.52 Å². The lowest BCUT2D eigenvalue weighted by atomic mass is 10.0. The first-order valence-corrected chi connectivity index (χ1v) is 8.85. The van der Waals surface area contributed by atoms with E-state index in [-0.39, 0.29) is 24.0 Å². The molecule has 144 valence electrons. The van der Waals surface area contributed by atoms with Crippen molar-refractivity contribution in [3.8, 4) is 0 Å². The third-order valence-electron chi connectivity index (χ3n) is 4.02. The van der Waals surface area contributed by atoms with E-state index in [1.807, 2.05) is 0 Å². The Bertz CT molecular complexity index is 652. The van der Waals surface area contributed by atoms with Gasteiger partial charge in [0.1, 0.15) is 11.4 Å². The molecule has 0 saturated heterocycles. The smallest absolute Gasteiger partial charge is 0.191 e. The van der Waals surface area contributed by atoms with E-state index < -0.39 is 5.60 Å². The first-order valence-electron chi connectivity index (χ1n) is 8.85. The SMILES string of the molecule is CCCCNC(=NCc1ccc(C)cc1)NCC(C)(O)c1ccco1.I. The Morgan fingerprint density at radius 3 is 2.54 bits per heavy atom. The summed E-state index contributed by atoms with van der Waals surface area (Å²) in [6.07, 6.45) is 3.75. The van der Waals surface area contributed by atoms with Gasteiger partial charge in [0.15, 0.2) is 5.96 Å². The Balaban J connectivity index is 0.00000338. The van der Waals surface area contributed by atoms with Gasteiger partial charge in [-0.2, -0.15) is 0 Å². The van der Waals surface area contributed by atoms with Crippen LogP contribution < -0.4 is 10.6 Å². The first kappa shape index (κ1) is 22.5. The number of guanidine groups is 1. The minimum atomic E-state index is -1.10. The largest absolute Gasteiger partial charge is 0.466 e. The third kappa shape index (κ3) is 7.37. The molecule has 1 atom stereocenters. The second-order valence-corrected chi connectivity index (χ2v) is 6.54. The van der Waals surface area contributed by atoms with Crippen LogP contribution in [-0.2, 0) is 12.1 Å². The van der Waals surface area contributed by atoms with E-state index in [1.54, 1.807) is 25.3 Å². The Morgan fingerprint density at radius 2 is 1.92 bits per heavy atom. The van der Waals surface area contributed by atoms with Gasteiger partial charge in [0.2, 0.25) is 0 Å². The number of benzene rings is 1. The molecular weight excluding hydrogens is 441 g/mol. The number of hydrogen-bond acceptors (Lipinski definition) is 3. The third-order valence-corrected chi connectivity index (χ3v) is 4.02. The Kier molecular flexibility index (Phi) is 9.72. The molecule has 0 fully saturated rings. The standard InChI is InChI=1S/C20H29N3O2.HI/c1-4-5-12-21-19(22-14-17-10-8-16(2)9-11-17)23-15-20(3,24)18-7-6-13-25-18;/h6-11,13,24H,4-5,12,14-15H2,1-3H3,(H2,21,22,23);1H. The molecule has 2 rings (SSSR count). The molecule has 1 heterocycles. The summed E-state index contributed by atoms with van der Waals surface area (Å²) in [5.41, 5.74) is 1.29. The molecule has 0 aliphatic rings.